The molecule has 0 aromatic heterocycles. The molecule has 0 atom stereocenters. The van der Waals surface area contributed by atoms with E-state index in [2.05, 4.69) is 15.9 Å². The quantitative estimate of drug-likeness (QED) is 0.331. The average Bonchev–Trinajstić information content (AvgIpc) is 2.63. The van der Waals surface area contributed by atoms with Gasteiger partial charge in [0, 0.05) is 22.4 Å². The number of hydrogen-bond acceptors (Lipinski definition) is 4. The van der Waals surface area contributed by atoms with E-state index < -0.39 is 16.7 Å². The predicted molar refractivity (Wildman–Crippen MR) is 105 cm³/mol. The van der Waals surface area contributed by atoms with Crippen molar-refractivity contribution in [1.82, 2.24) is 0 Å². The minimum Gasteiger partial charge on any atom is -0.268 e. The summed E-state index contributed by atoms with van der Waals surface area (Å²) in [6, 6.07) is 11.7. The molecule has 1 heterocycles. The molecule has 0 N–H and O–H groups in total. The van der Waals surface area contributed by atoms with Crippen molar-refractivity contribution in [3.63, 3.8) is 0 Å². The lowest BCUT2D eigenvalue weighted by atomic mass is 9.92. The van der Waals surface area contributed by atoms with E-state index in [9.17, 15) is 19.7 Å². The molecule has 0 unspecified atom stereocenters. The van der Waals surface area contributed by atoms with Crippen molar-refractivity contribution in [2.45, 2.75) is 13.8 Å². The molecule has 0 bridgehead atoms. The lowest BCUT2D eigenvalue weighted by Crippen LogP contribution is -2.41. The van der Waals surface area contributed by atoms with Crippen molar-refractivity contribution in [1.29, 1.82) is 0 Å². The summed E-state index contributed by atoms with van der Waals surface area (Å²) in [4.78, 5) is 38.5. The summed E-state index contributed by atoms with van der Waals surface area (Å²) in [6.45, 7) is 3.64. The number of nitrogens with zero attached hydrogens (tertiary/aromatic N) is 2. The Bertz CT molecular complexity index is 1170. The summed E-state index contributed by atoms with van der Waals surface area (Å²) in [5.74, 6) is -0.993. The van der Waals surface area contributed by atoms with Crippen molar-refractivity contribution in [3.8, 4) is 0 Å². The van der Waals surface area contributed by atoms with Crippen molar-refractivity contribution < 1.29 is 14.5 Å². The third-order valence-corrected chi connectivity index (χ3v) is 5.64. The van der Waals surface area contributed by atoms with Crippen LogP contribution in [0.5, 0.6) is 0 Å². The fourth-order valence-electron chi connectivity index (χ4n) is 3.61. The molecule has 0 saturated carbocycles. The minimum absolute atomic E-state index is 0.151. The molecule has 0 aliphatic carbocycles. The number of carbonyl (C=O) groups excluding carboxylic acids is 2. The van der Waals surface area contributed by atoms with Crippen molar-refractivity contribution in [2.75, 3.05) is 4.90 Å². The monoisotopic (exact) mass is 424 g/mol. The van der Waals surface area contributed by atoms with Crippen LogP contribution < -0.4 is 4.90 Å². The normalized spacial score (nSPS) is 13.4. The highest BCUT2D eigenvalue weighted by atomic mass is 79.9. The number of aryl methyl sites for hydroxylation is 2. The summed E-state index contributed by atoms with van der Waals surface area (Å²) in [5, 5.41) is 12.4. The largest absolute Gasteiger partial charge is 0.284 e. The summed E-state index contributed by atoms with van der Waals surface area (Å²) in [6.07, 6.45) is 0. The maximum atomic E-state index is 13.3. The molecule has 4 rings (SSSR count). The van der Waals surface area contributed by atoms with Gasteiger partial charge in [-0.1, -0.05) is 30.3 Å². The lowest BCUT2D eigenvalue weighted by Gasteiger charge is -2.29. The summed E-state index contributed by atoms with van der Waals surface area (Å²) in [7, 11) is 0. The molecule has 0 fully saturated rings. The Morgan fingerprint density at radius 2 is 1.56 bits per heavy atom. The molecule has 0 spiro atoms. The van der Waals surface area contributed by atoms with Crippen LogP contribution >= 0.6 is 15.9 Å². The number of imide groups is 1. The number of nitro groups is 1. The number of benzene rings is 3. The van der Waals surface area contributed by atoms with E-state index in [4.69, 9.17) is 0 Å². The fourth-order valence-corrected chi connectivity index (χ4v) is 4.20. The second-order valence-corrected chi connectivity index (χ2v) is 7.22. The van der Waals surface area contributed by atoms with E-state index in [1.54, 1.807) is 18.2 Å². The van der Waals surface area contributed by atoms with Crippen LogP contribution in [0.15, 0.2) is 46.9 Å². The first kappa shape index (κ1) is 17.4. The molecule has 27 heavy (non-hydrogen) atoms. The van der Waals surface area contributed by atoms with E-state index >= 15 is 0 Å². The Balaban J connectivity index is 2.09. The van der Waals surface area contributed by atoms with Crippen LogP contribution in [0.3, 0.4) is 0 Å². The smallest absolute Gasteiger partial charge is 0.268 e. The lowest BCUT2D eigenvalue weighted by molar-refractivity contribution is -0.385. The van der Waals surface area contributed by atoms with Gasteiger partial charge in [-0.05, 0) is 47.0 Å². The number of carbonyl (C=O) groups is 2. The zero-order chi connectivity index (χ0) is 19.5. The van der Waals surface area contributed by atoms with Crippen molar-refractivity contribution in [3.05, 3.63) is 79.3 Å². The zero-order valence-electron chi connectivity index (χ0n) is 14.4. The van der Waals surface area contributed by atoms with Crippen LogP contribution in [-0.4, -0.2) is 16.7 Å². The zero-order valence-corrected chi connectivity index (χ0v) is 16.0. The van der Waals surface area contributed by atoms with Crippen LogP contribution in [0.2, 0.25) is 0 Å². The second kappa shape index (κ2) is 5.99. The van der Waals surface area contributed by atoms with Crippen molar-refractivity contribution in [2.24, 2.45) is 0 Å². The highest BCUT2D eigenvalue weighted by molar-refractivity contribution is 9.10. The Hall–Kier alpha value is -3.06. The molecule has 0 saturated heterocycles. The average molecular weight is 425 g/mol. The molecule has 1 aliphatic rings. The van der Waals surface area contributed by atoms with Crippen LogP contribution in [0.1, 0.15) is 31.8 Å². The van der Waals surface area contributed by atoms with Gasteiger partial charge < -0.3 is 0 Å². The third-order valence-electron chi connectivity index (χ3n) is 4.80. The van der Waals surface area contributed by atoms with E-state index in [0.29, 0.717) is 22.0 Å². The van der Waals surface area contributed by atoms with Gasteiger partial charge in [-0.3, -0.25) is 19.7 Å². The molecule has 134 valence electrons. The number of amides is 2. The van der Waals surface area contributed by atoms with Gasteiger partial charge in [0.25, 0.3) is 17.5 Å². The second-order valence-electron chi connectivity index (χ2n) is 6.43. The van der Waals surface area contributed by atoms with Crippen LogP contribution in [0, 0.1) is 24.0 Å². The molecule has 3 aromatic carbocycles. The maximum Gasteiger partial charge on any atom is 0.284 e. The summed E-state index contributed by atoms with van der Waals surface area (Å²) in [5.41, 5.74) is 2.36. The molecule has 2 amide bonds. The first-order valence-corrected chi connectivity index (χ1v) is 8.97. The summed E-state index contributed by atoms with van der Waals surface area (Å²) >= 11 is 3.25. The molecule has 3 aromatic rings. The Morgan fingerprint density at radius 1 is 0.963 bits per heavy atom. The predicted octanol–water partition coefficient (Wildman–Crippen LogP) is 4.93. The fraction of sp³-hybridized carbons (Fsp3) is 0.100. The first-order valence-electron chi connectivity index (χ1n) is 8.17. The molecule has 1 aliphatic heterocycles. The van der Waals surface area contributed by atoms with Gasteiger partial charge in [0.15, 0.2) is 0 Å². The van der Waals surface area contributed by atoms with Gasteiger partial charge in [-0.25, -0.2) is 4.90 Å². The number of nitro benzene ring substituents is 1. The molecule has 7 heteroatoms. The van der Waals surface area contributed by atoms with Crippen LogP contribution in [-0.2, 0) is 0 Å². The number of para-hydroxylation sites is 1. The van der Waals surface area contributed by atoms with Gasteiger partial charge in [-0.2, -0.15) is 0 Å². The van der Waals surface area contributed by atoms with E-state index in [0.717, 1.165) is 16.0 Å². The number of rotatable bonds is 2. The molecular weight excluding hydrogens is 412 g/mol. The van der Waals surface area contributed by atoms with E-state index in [-0.39, 0.29) is 15.7 Å². The molecule has 0 radical (unpaired) electrons. The summed E-state index contributed by atoms with van der Waals surface area (Å²) < 4.78 is 0.259. The van der Waals surface area contributed by atoms with Gasteiger partial charge in [-0.15, -0.1) is 0 Å². The number of anilines is 1. The van der Waals surface area contributed by atoms with Crippen LogP contribution in [0.4, 0.5) is 11.4 Å². The highest BCUT2D eigenvalue weighted by Gasteiger charge is 2.37. The Labute approximate surface area is 162 Å². The highest BCUT2D eigenvalue weighted by Crippen LogP contribution is 2.41. The SMILES string of the molecule is Cc1cccc(C)c1N1C(=O)c2cccc3c(Br)c([N+](=O)[O-])cc(c23)C1=O. The van der Waals surface area contributed by atoms with Gasteiger partial charge in [0.05, 0.1) is 16.2 Å². The van der Waals surface area contributed by atoms with Gasteiger partial charge in [0.2, 0.25) is 0 Å². The topological polar surface area (TPSA) is 80.5 Å². The van der Waals surface area contributed by atoms with E-state index in [1.165, 1.54) is 6.07 Å². The first-order chi connectivity index (χ1) is 12.8. The number of halogens is 1. The maximum absolute atomic E-state index is 13.3. The van der Waals surface area contributed by atoms with E-state index in [1.807, 2.05) is 32.0 Å². The number of hydrogen-bond donors (Lipinski definition) is 0. The third kappa shape index (κ3) is 2.39. The molecule has 6 nitrogen and oxygen atoms in total. The standard InChI is InChI=1S/C20H13BrN2O4/c1-10-5-3-6-11(2)18(10)22-19(24)13-8-4-7-12-16(13)14(20(22)25)9-15(17(12)21)23(26)27/h3-9H,1-2H3. The van der Waals surface area contributed by atoms with Gasteiger partial charge in [0.1, 0.15) is 4.47 Å². The van der Waals surface area contributed by atoms with Gasteiger partial charge >= 0.3 is 0 Å². The Kier molecular flexibility index (Phi) is 3.85. The molecular formula is C20H13BrN2O4. The Morgan fingerprint density at radius 3 is 2.19 bits per heavy atom. The van der Waals surface area contributed by atoms with Crippen LogP contribution in [0.25, 0.3) is 10.8 Å². The minimum atomic E-state index is -0.559. The van der Waals surface area contributed by atoms with Crippen molar-refractivity contribution >= 4 is 49.9 Å².